The maximum atomic E-state index is 12.2. The fourth-order valence-corrected chi connectivity index (χ4v) is 4.26. The van der Waals surface area contributed by atoms with Crippen LogP contribution >= 0.6 is 0 Å². The van der Waals surface area contributed by atoms with Crippen LogP contribution in [0.1, 0.15) is 23.2 Å². The van der Waals surface area contributed by atoms with Crippen LogP contribution in [0.2, 0.25) is 0 Å². The lowest BCUT2D eigenvalue weighted by Gasteiger charge is -1.99. The number of carbonyl (C=O) groups is 1. The molecule has 1 aliphatic rings. The molecule has 1 aliphatic heterocycles. The molecule has 18 heavy (non-hydrogen) atoms. The highest BCUT2D eigenvalue weighted by Crippen LogP contribution is 2.14. The van der Waals surface area contributed by atoms with Gasteiger partial charge in [-0.3, -0.25) is 4.79 Å². The molecule has 1 fully saturated rings. The molecule has 1 aromatic carbocycles. The molecule has 0 N–H and O–H groups in total. The van der Waals surface area contributed by atoms with E-state index in [9.17, 15) is 4.79 Å². The SMILES string of the molecule is O=C(C[S+]1CCCC1)c1ccccccccc1. The lowest BCUT2D eigenvalue weighted by Crippen LogP contribution is -2.17. The Bertz CT molecular complexity index is 424. The van der Waals surface area contributed by atoms with Crippen LogP contribution in [-0.4, -0.2) is 23.0 Å². The van der Waals surface area contributed by atoms with Gasteiger partial charge in [0.15, 0.2) is 5.75 Å². The van der Waals surface area contributed by atoms with Crippen LogP contribution in [0.4, 0.5) is 0 Å². The standard InChI is InChI=1S/C16H19OS/c17-16(14-18-12-8-9-13-18)15-10-6-4-2-1-3-5-7-11-15/h1-7,10-11H,8-9,12-14H2/q+1. The summed E-state index contributed by atoms with van der Waals surface area (Å²) in [5.41, 5.74) is 0.825. The van der Waals surface area contributed by atoms with Crippen LogP contribution in [0.3, 0.4) is 0 Å². The van der Waals surface area contributed by atoms with Crippen molar-refractivity contribution in [3.63, 3.8) is 0 Å². The molecule has 1 nitrogen and oxygen atoms in total. The second-order valence-electron chi connectivity index (χ2n) is 4.43. The molecule has 2 heteroatoms. The van der Waals surface area contributed by atoms with E-state index in [0.717, 1.165) is 11.3 Å². The Labute approximate surface area is 112 Å². The van der Waals surface area contributed by atoms with E-state index in [0.29, 0.717) is 16.7 Å². The Kier molecular flexibility index (Phi) is 5.28. The van der Waals surface area contributed by atoms with Gasteiger partial charge in [-0.05, 0) is 23.7 Å². The van der Waals surface area contributed by atoms with E-state index in [2.05, 4.69) is 0 Å². The molecule has 0 radical (unpaired) electrons. The monoisotopic (exact) mass is 259 g/mol. The molecule has 0 unspecified atom stereocenters. The number of hydrogen-bond donors (Lipinski definition) is 0. The summed E-state index contributed by atoms with van der Waals surface area (Å²) in [4.78, 5) is 12.2. The van der Waals surface area contributed by atoms with Gasteiger partial charge >= 0.3 is 0 Å². The summed E-state index contributed by atoms with van der Waals surface area (Å²) >= 11 is 0. The summed E-state index contributed by atoms with van der Waals surface area (Å²) in [6, 6.07) is 17.5. The van der Waals surface area contributed by atoms with Gasteiger partial charge in [-0.1, -0.05) is 54.6 Å². The maximum Gasteiger partial charge on any atom is 0.211 e. The molecule has 0 amide bonds. The molecule has 1 saturated heterocycles. The van der Waals surface area contributed by atoms with Crippen LogP contribution < -0.4 is 0 Å². The van der Waals surface area contributed by atoms with E-state index in [1.165, 1.54) is 24.3 Å². The van der Waals surface area contributed by atoms with E-state index in [1.54, 1.807) is 0 Å². The quantitative estimate of drug-likeness (QED) is 0.600. The third kappa shape index (κ3) is 4.19. The number of Topliss-reactive ketones (excluding diaryl/α,β-unsaturated/α-hetero) is 1. The average Bonchev–Trinajstić information content (AvgIpc) is 2.88. The Morgan fingerprint density at radius 2 is 1.39 bits per heavy atom. The number of ketones is 1. The first-order valence-corrected chi connectivity index (χ1v) is 8.15. The molecule has 0 spiro atoms. The molecule has 0 saturated carbocycles. The first kappa shape index (κ1) is 13.2. The second kappa shape index (κ2) is 7.22. The van der Waals surface area contributed by atoms with Crippen LogP contribution in [0.15, 0.2) is 54.6 Å². The minimum atomic E-state index is 0.291. The van der Waals surface area contributed by atoms with Gasteiger partial charge in [0, 0.05) is 5.56 Å². The topological polar surface area (TPSA) is 17.1 Å². The molecule has 1 heterocycles. The molecule has 2 rings (SSSR count). The second-order valence-corrected chi connectivity index (χ2v) is 6.76. The fourth-order valence-electron chi connectivity index (χ4n) is 2.01. The van der Waals surface area contributed by atoms with Crippen LogP contribution in [0, 0.1) is 0 Å². The van der Waals surface area contributed by atoms with Gasteiger partial charge < -0.3 is 0 Å². The molecule has 94 valence electrons. The minimum absolute atomic E-state index is 0.291. The van der Waals surface area contributed by atoms with Crippen molar-refractivity contribution in [1.29, 1.82) is 0 Å². The summed E-state index contributed by atoms with van der Waals surface area (Å²) in [7, 11) is 0.343. The highest BCUT2D eigenvalue weighted by molar-refractivity contribution is 7.97. The maximum absolute atomic E-state index is 12.2. The van der Waals surface area contributed by atoms with Gasteiger partial charge in [0.05, 0.1) is 0 Å². The summed E-state index contributed by atoms with van der Waals surface area (Å²) in [5.74, 6) is 3.53. The minimum Gasteiger partial charge on any atom is -0.289 e. The zero-order valence-corrected chi connectivity index (χ0v) is 11.4. The van der Waals surface area contributed by atoms with Crippen molar-refractivity contribution in [2.75, 3.05) is 17.3 Å². The average molecular weight is 259 g/mol. The number of hydrogen-bond acceptors (Lipinski definition) is 1. The molecular weight excluding hydrogens is 240 g/mol. The van der Waals surface area contributed by atoms with Crippen molar-refractivity contribution in [3.05, 3.63) is 60.2 Å². The normalized spacial score (nSPS) is 15.1. The molecular formula is C16H19OS+. The largest absolute Gasteiger partial charge is 0.289 e. The van der Waals surface area contributed by atoms with Gasteiger partial charge in [0.25, 0.3) is 0 Å². The molecule has 0 atom stereocenters. The van der Waals surface area contributed by atoms with E-state index in [-0.39, 0.29) is 0 Å². The van der Waals surface area contributed by atoms with Gasteiger partial charge in [-0.2, -0.15) is 0 Å². The van der Waals surface area contributed by atoms with E-state index in [1.807, 2.05) is 54.6 Å². The summed E-state index contributed by atoms with van der Waals surface area (Å²) in [6.07, 6.45) is 2.61. The Morgan fingerprint density at radius 3 is 1.94 bits per heavy atom. The Hall–Kier alpha value is -1.28. The van der Waals surface area contributed by atoms with E-state index >= 15 is 0 Å². The lowest BCUT2D eigenvalue weighted by molar-refractivity contribution is 0.102. The summed E-state index contributed by atoms with van der Waals surface area (Å²) in [6.45, 7) is 0. The summed E-state index contributed by atoms with van der Waals surface area (Å²) < 4.78 is 0. The first-order valence-electron chi connectivity index (χ1n) is 6.42. The van der Waals surface area contributed by atoms with Gasteiger partial charge in [0.1, 0.15) is 11.5 Å². The summed E-state index contributed by atoms with van der Waals surface area (Å²) in [5, 5.41) is 0. The molecule has 1 aromatic rings. The molecule has 0 aliphatic carbocycles. The fraction of sp³-hybridized carbons (Fsp3) is 0.312. The van der Waals surface area contributed by atoms with Crippen molar-refractivity contribution in [2.45, 2.75) is 12.8 Å². The van der Waals surface area contributed by atoms with Crippen LogP contribution in [0.5, 0.6) is 0 Å². The smallest absolute Gasteiger partial charge is 0.211 e. The van der Waals surface area contributed by atoms with Crippen molar-refractivity contribution >= 4 is 16.7 Å². The zero-order chi connectivity index (χ0) is 12.6. The van der Waals surface area contributed by atoms with Crippen molar-refractivity contribution in [3.8, 4) is 0 Å². The van der Waals surface area contributed by atoms with E-state index in [4.69, 9.17) is 0 Å². The molecule has 0 bridgehead atoms. The third-order valence-corrected chi connectivity index (χ3v) is 5.39. The highest BCUT2D eigenvalue weighted by atomic mass is 32.2. The van der Waals surface area contributed by atoms with Crippen LogP contribution in [0.25, 0.3) is 0 Å². The Balaban J connectivity index is 2.13. The Morgan fingerprint density at radius 1 is 0.889 bits per heavy atom. The predicted octanol–water partition coefficient (Wildman–Crippen LogP) is 3.41. The van der Waals surface area contributed by atoms with Crippen LogP contribution in [-0.2, 0) is 10.9 Å². The first-order chi connectivity index (χ1) is 8.86. The van der Waals surface area contributed by atoms with Crippen molar-refractivity contribution in [2.24, 2.45) is 0 Å². The van der Waals surface area contributed by atoms with Crippen molar-refractivity contribution in [1.82, 2.24) is 0 Å². The highest BCUT2D eigenvalue weighted by Gasteiger charge is 2.27. The zero-order valence-electron chi connectivity index (χ0n) is 10.5. The van der Waals surface area contributed by atoms with E-state index < -0.39 is 0 Å². The molecule has 0 aromatic heterocycles. The predicted molar refractivity (Wildman–Crippen MR) is 79.6 cm³/mol. The number of carbonyl (C=O) groups excluding carboxylic acids is 1. The lowest BCUT2D eigenvalue weighted by atomic mass is 10.2. The van der Waals surface area contributed by atoms with Gasteiger partial charge in [0.2, 0.25) is 5.78 Å². The van der Waals surface area contributed by atoms with Crippen molar-refractivity contribution < 1.29 is 4.79 Å². The van der Waals surface area contributed by atoms with Gasteiger partial charge in [-0.25, -0.2) is 0 Å². The van der Waals surface area contributed by atoms with Gasteiger partial charge in [-0.15, -0.1) is 0 Å². The number of rotatable bonds is 3. The third-order valence-electron chi connectivity index (χ3n) is 2.99.